The van der Waals surface area contributed by atoms with Crippen LogP contribution in [-0.4, -0.2) is 77.7 Å². The summed E-state index contributed by atoms with van der Waals surface area (Å²) in [5.74, 6) is 0.146. The van der Waals surface area contributed by atoms with Gasteiger partial charge in [-0.05, 0) is 14.0 Å². The SMILES string of the molecule is CC(CNCC(=O)N1CCN(C)CC1)S(C)=O. The van der Waals surface area contributed by atoms with Crippen LogP contribution in [-0.2, 0) is 15.6 Å². The lowest BCUT2D eigenvalue weighted by molar-refractivity contribution is -0.131. The molecule has 2 unspecified atom stereocenters. The van der Waals surface area contributed by atoms with Crippen LogP contribution in [0.25, 0.3) is 0 Å². The zero-order valence-electron chi connectivity index (χ0n) is 10.9. The summed E-state index contributed by atoms with van der Waals surface area (Å²) in [6.07, 6.45) is 1.69. The molecule has 1 rings (SSSR count). The van der Waals surface area contributed by atoms with E-state index in [4.69, 9.17) is 0 Å². The molecule has 2 atom stereocenters. The highest BCUT2D eigenvalue weighted by Crippen LogP contribution is 1.99. The number of nitrogens with one attached hydrogen (secondary N) is 1. The van der Waals surface area contributed by atoms with Gasteiger partial charge in [-0.25, -0.2) is 0 Å². The summed E-state index contributed by atoms with van der Waals surface area (Å²) in [5.41, 5.74) is 0. The van der Waals surface area contributed by atoms with Crippen molar-refractivity contribution in [2.45, 2.75) is 12.2 Å². The molecular weight excluding hydrogens is 238 g/mol. The summed E-state index contributed by atoms with van der Waals surface area (Å²) in [6.45, 7) is 6.41. The van der Waals surface area contributed by atoms with Gasteiger partial charge in [-0.1, -0.05) is 0 Å². The van der Waals surface area contributed by atoms with Gasteiger partial charge in [0.2, 0.25) is 5.91 Å². The fraction of sp³-hybridized carbons (Fsp3) is 0.909. The number of carbonyl (C=O) groups is 1. The number of nitrogens with zero attached hydrogens (tertiary/aromatic N) is 2. The van der Waals surface area contributed by atoms with Crippen LogP contribution in [0.3, 0.4) is 0 Å². The standard InChI is InChI=1S/C11H23N3O2S/c1-10(17(3)16)8-12-9-11(15)14-6-4-13(2)5-7-14/h10,12H,4-9H2,1-3H3. The van der Waals surface area contributed by atoms with Gasteiger partial charge in [0.05, 0.1) is 6.54 Å². The number of carbonyl (C=O) groups excluding carboxylic acids is 1. The zero-order valence-corrected chi connectivity index (χ0v) is 11.8. The molecule has 0 radical (unpaired) electrons. The minimum atomic E-state index is -0.829. The normalized spacial score (nSPS) is 21.2. The van der Waals surface area contributed by atoms with E-state index < -0.39 is 10.8 Å². The third-order valence-electron chi connectivity index (χ3n) is 3.13. The lowest BCUT2D eigenvalue weighted by Gasteiger charge is -2.32. The Bertz CT molecular complexity index is 278. The highest BCUT2D eigenvalue weighted by molar-refractivity contribution is 7.84. The predicted molar refractivity (Wildman–Crippen MR) is 70.5 cm³/mol. The van der Waals surface area contributed by atoms with Gasteiger partial charge in [0.1, 0.15) is 0 Å². The molecule has 0 aromatic rings. The van der Waals surface area contributed by atoms with Crippen molar-refractivity contribution < 1.29 is 9.00 Å². The van der Waals surface area contributed by atoms with Crippen molar-refractivity contribution in [3.63, 3.8) is 0 Å². The zero-order chi connectivity index (χ0) is 12.8. The van der Waals surface area contributed by atoms with Crippen LogP contribution in [0.2, 0.25) is 0 Å². The van der Waals surface area contributed by atoms with Crippen molar-refractivity contribution in [3.05, 3.63) is 0 Å². The smallest absolute Gasteiger partial charge is 0.236 e. The molecule has 1 aliphatic rings. The first-order valence-corrected chi connectivity index (χ1v) is 7.62. The molecule has 0 aliphatic carbocycles. The number of piperazine rings is 1. The van der Waals surface area contributed by atoms with Crippen LogP contribution >= 0.6 is 0 Å². The topological polar surface area (TPSA) is 52.7 Å². The highest BCUT2D eigenvalue weighted by atomic mass is 32.2. The van der Waals surface area contributed by atoms with Gasteiger partial charge in [0.15, 0.2) is 0 Å². The number of likely N-dealkylation sites (N-methyl/N-ethyl adjacent to an activating group) is 1. The molecule has 0 bridgehead atoms. The van der Waals surface area contributed by atoms with E-state index >= 15 is 0 Å². The molecule has 1 N–H and O–H groups in total. The number of hydrogen-bond donors (Lipinski definition) is 1. The van der Waals surface area contributed by atoms with E-state index in [-0.39, 0.29) is 11.2 Å². The van der Waals surface area contributed by atoms with E-state index in [2.05, 4.69) is 17.3 Å². The average Bonchev–Trinajstić information content (AvgIpc) is 2.29. The molecule has 0 spiro atoms. The molecule has 17 heavy (non-hydrogen) atoms. The third kappa shape index (κ3) is 5.14. The molecule has 6 heteroatoms. The Hall–Kier alpha value is -0.460. The average molecular weight is 261 g/mol. The molecule has 1 saturated heterocycles. The van der Waals surface area contributed by atoms with Gasteiger partial charge in [-0.15, -0.1) is 0 Å². The minimum Gasteiger partial charge on any atom is -0.339 e. The molecule has 100 valence electrons. The quantitative estimate of drug-likeness (QED) is 0.698. The van der Waals surface area contributed by atoms with Crippen molar-refractivity contribution >= 4 is 16.7 Å². The van der Waals surface area contributed by atoms with E-state index in [9.17, 15) is 9.00 Å². The number of rotatable bonds is 5. The van der Waals surface area contributed by atoms with Crippen molar-refractivity contribution in [2.24, 2.45) is 0 Å². The Kier molecular flexibility index (Phi) is 6.08. The molecule has 1 amide bonds. The van der Waals surface area contributed by atoms with E-state index in [0.717, 1.165) is 26.2 Å². The van der Waals surface area contributed by atoms with Gasteiger partial charge in [-0.3, -0.25) is 9.00 Å². The van der Waals surface area contributed by atoms with Crippen molar-refractivity contribution in [1.82, 2.24) is 15.1 Å². The van der Waals surface area contributed by atoms with Crippen molar-refractivity contribution in [2.75, 3.05) is 52.6 Å². The second kappa shape index (κ2) is 7.08. The minimum absolute atomic E-state index is 0.0929. The van der Waals surface area contributed by atoms with E-state index in [1.54, 1.807) is 6.26 Å². The summed E-state index contributed by atoms with van der Waals surface area (Å²) >= 11 is 0. The van der Waals surface area contributed by atoms with Gasteiger partial charge < -0.3 is 15.1 Å². The molecule has 0 aromatic carbocycles. The fourth-order valence-corrected chi connectivity index (χ4v) is 2.02. The van der Waals surface area contributed by atoms with Crippen molar-refractivity contribution in [3.8, 4) is 0 Å². The molecule has 0 saturated carbocycles. The Morgan fingerprint density at radius 3 is 2.47 bits per heavy atom. The molecule has 5 nitrogen and oxygen atoms in total. The van der Waals surface area contributed by atoms with Gasteiger partial charge in [0.25, 0.3) is 0 Å². The summed E-state index contributed by atoms with van der Waals surface area (Å²) in [4.78, 5) is 15.9. The number of amides is 1. The summed E-state index contributed by atoms with van der Waals surface area (Å²) in [5, 5.41) is 3.17. The maximum Gasteiger partial charge on any atom is 0.236 e. The Morgan fingerprint density at radius 1 is 1.35 bits per heavy atom. The second-order valence-corrected chi connectivity index (χ2v) is 6.43. The van der Waals surface area contributed by atoms with Crippen LogP contribution in [0.15, 0.2) is 0 Å². The molecule has 1 fully saturated rings. The Morgan fingerprint density at radius 2 is 1.94 bits per heavy atom. The Balaban J connectivity index is 2.19. The first kappa shape index (κ1) is 14.6. The Labute approximate surface area is 106 Å². The maximum atomic E-state index is 11.8. The maximum absolute atomic E-state index is 11.8. The molecular formula is C11H23N3O2S. The van der Waals surface area contributed by atoms with E-state index in [1.807, 2.05) is 11.8 Å². The third-order valence-corrected chi connectivity index (χ3v) is 4.43. The first-order valence-electron chi connectivity index (χ1n) is 6.00. The van der Waals surface area contributed by atoms with Crippen molar-refractivity contribution in [1.29, 1.82) is 0 Å². The fourth-order valence-electron chi connectivity index (χ4n) is 1.67. The van der Waals surface area contributed by atoms with E-state index in [1.165, 1.54) is 0 Å². The van der Waals surface area contributed by atoms with E-state index in [0.29, 0.717) is 13.1 Å². The molecule has 1 heterocycles. The molecule has 0 aromatic heterocycles. The van der Waals surface area contributed by atoms with Gasteiger partial charge in [0, 0.05) is 55.0 Å². The lowest BCUT2D eigenvalue weighted by atomic mass is 10.3. The molecule has 1 aliphatic heterocycles. The summed E-state index contributed by atoms with van der Waals surface area (Å²) in [7, 11) is 1.24. The largest absolute Gasteiger partial charge is 0.339 e. The van der Waals surface area contributed by atoms with Crippen LogP contribution in [0.5, 0.6) is 0 Å². The predicted octanol–water partition coefficient (Wildman–Crippen LogP) is -0.883. The monoisotopic (exact) mass is 261 g/mol. The van der Waals surface area contributed by atoms with Crippen LogP contribution in [0.1, 0.15) is 6.92 Å². The van der Waals surface area contributed by atoms with Crippen LogP contribution < -0.4 is 5.32 Å². The highest BCUT2D eigenvalue weighted by Gasteiger charge is 2.18. The second-order valence-electron chi connectivity index (χ2n) is 4.62. The van der Waals surface area contributed by atoms with Gasteiger partial charge in [-0.2, -0.15) is 0 Å². The lowest BCUT2D eigenvalue weighted by Crippen LogP contribution is -2.50. The van der Waals surface area contributed by atoms with Gasteiger partial charge >= 0.3 is 0 Å². The summed E-state index contributed by atoms with van der Waals surface area (Å²) < 4.78 is 11.1. The van der Waals surface area contributed by atoms with Crippen LogP contribution in [0, 0.1) is 0 Å². The number of hydrogen-bond acceptors (Lipinski definition) is 4. The first-order chi connectivity index (χ1) is 8.00. The summed E-state index contributed by atoms with van der Waals surface area (Å²) in [6, 6.07) is 0. The van der Waals surface area contributed by atoms with Crippen LogP contribution in [0.4, 0.5) is 0 Å².